The Kier molecular flexibility index (Phi) is 4.35. The molecule has 4 rings (SSSR count). The molecule has 1 aliphatic rings. The highest BCUT2D eigenvalue weighted by Crippen LogP contribution is 2.28. The molecule has 1 aromatic carbocycles. The second kappa shape index (κ2) is 6.95. The molecule has 1 N–H and O–H groups in total. The Hall–Kier alpha value is -3.22. The van der Waals surface area contributed by atoms with Gasteiger partial charge in [-0.25, -0.2) is 9.97 Å². The molecule has 1 amide bonds. The summed E-state index contributed by atoms with van der Waals surface area (Å²) in [7, 11) is 0. The van der Waals surface area contributed by atoms with Gasteiger partial charge in [-0.1, -0.05) is 6.42 Å². The Bertz CT molecular complexity index is 902. The molecular formula is C19H19N5O2. The molecular weight excluding hydrogens is 330 g/mol. The van der Waals surface area contributed by atoms with Crippen LogP contribution in [0.15, 0.2) is 49.1 Å². The lowest BCUT2D eigenvalue weighted by molar-refractivity contribution is -0.122. The highest BCUT2D eigenvalue weighted by atomic mass is 16.5. The van der Waals surface area contributed by atoms with Crippen molar-refractivity contribution in [2.24, 2.45) is 5.92 Å². The van der Waals surface area contributed by atoms with Crippen LogP contribution in [-0.4, -0.2) is 25.4 Å². The Balaban J connectivity index is 1.46. The van der Waals surface area contributed by atoms with Gasteiger partial charge >= 0.3 is 0 Å². The molecule has 1 aliphatic carbocycles. The molecule has 0 bridgehead atoms. The fourth-order valence-electron chi connectivity index (χ4n) is 2.75. The molecule has 132 valence electrons. The smallest absolute Gasteiger partial charge is 0.227 e. The molecule has 7 nitrogen and oxygen atoms in total. The lowest BCUT2D eigenvalue weighted by Crippen LogP contribution is -2.27. The van der Waals surface area contributed by atoms with Gasteiger partial charge < -0.3 is 10.1 Å². The normalized spacial score (nSPS) is 13.9. The Morgan fingerprint density at radius 1 is 1.23 bits per heavy atom. The van der Waals surface area contributed by atoms with Crippen LogP contribution in [0.25, 0.3) is 5.82 Å². The van der Waals surface area contributed by atoms with Crippen molar-refractivity contribution >= 4 is 11.6 Å². The summed E-state index contributed by atoms with van der Waals surface area (Å²) in [5, 5.41) is 2.94. The maximum Gasteiger partial charge on any atom is 0.227 e. The molecule has 0 unspecified atom stereocenters. The number of carbonyl (C=O) groups excluding carboxylic acids is 1. The number of rotatable bonds is 5. The number of anilines is 1. The van der Waals surface area contributed by atoms with Gasteiger partial charge in [-0.3, -0.25) is 9.36 Å². The number of hydrogen-bond donors (Lipinski definition) is 1. The van der Waals surface area contributed by atoms with E-state index in [0.717, 1.165) is 24.9 Å². The van der Waals surface area contributed by atoms with Crippen molar-refractivity contribution in [1.82, 2.24) is 19.5 Å². The van der Waals surface area contributed by atoms with E-state index in [4.69, 9.17) is 4.74 Å². The Morgan fingerprint density at radius 2 is 2.04 bits per heavy atom. The van der Waals surface area contributed by atoms with Gasteiger partial charge in [0.05, 0.1) is 0 Å². The zero-order chi connectivity index (χ0) is 17.9. The number of aromatic nitrogens is 4. The minimum atomic E-state index is 0.0984. The summed E-state index contributed by atoms with van der Waals surface area (Å²) < 4.78 is 7.63. The van der Waals surface area contributed by atoms with Crippen LogP contribution in [0.2, 0.25) is 0 Å². The van der Waals surface area contributed by atoms with Crippen molar-refractivity contribution in [3.63, 3.8) is 0 Å². The minimum Gasteiger partial charge on any atom is -0.439 e. The Labute approximate surface area is 151 Å². The second-order valence-corrected chi connectivity index (χ2v) is 6.33. The number of nitrogens with one attached hydrogen (secondary N) is 1. The van der Waals surface area contributed by atoms with E-state index in [9.17, 15) is 4.79 Å². The van der Waals surface area contributed by atoms with Gasteiger partial charge in [0, 0.05) is 30.1 Å². The van der Waals surface area contributed by atoms with E-state index in [1.165, 1.54) is 0 Å². The van der Waals surface area contributed by atoms with Crippen LogP contribution in [0.3, 0.4) is 0 Å². The molecule has 26 heavy (non-hydrogen) atoms. The lowest BCUT2D eigenvalue weighted by Gasteiger charge is -2.24. The predicted octanol–water partition coefficient (Wildman–Crippen LogP) is 3.50. The van der Waals surface area contributed by atoms with Gasteiger partial charge in [-0.05, 0) is 44.0 Å². The average Bonchev–Trinajstić information content (AvgIpc) is 3.09. The minimum absolute atomic E-state index is 0.0984. The van der Waals surface area contributed by atoms with E-state index < -0.39 is 0 Å². The molecule has 2 heterocycles. The van der Waals surface area contributed by atoms with Crippen LogP contribution in [0, 0.1) is 12.8 Å². The van der Waals surface area contributed by atoms with E-state index in [1.54, 1.807) is 23.2 Å². The maximum absolute atomic E-state index is 12.0. The molecule has 0 radical (unpaired) electrons. The molecule has 0 aliphatic heterocycles. The summed E-state index contributed by atoms with van der Waals surface area (Å²) in [6.45, 7) is 1.81. The zero-order valence-electron chi connectivity index (χ0n) is 14.4. The first-order chi connectivity index (χ1) is 12.7. The molecule has 2 aromatic heterocycles. The summed E-state index contributed by atoms with van der Waals surface area (Å²) in [6.07, 6.45) is 8.29. The van der Waals surface area contributed by atoms with Crippen LogP contribution >= 0.6 is 0 Å². The van der Waals surface area contributed by atoms with Crippen molar-refractivity contribution in [2.45, 2.75) is 26.2 Å². The summed E-state index contributed by atoms with van der Waals surface area (Å²) in [5.74, 6) is 2.65. The summed E-state index contributed by atoms with van der Waals surface area (Å²) in [5.41, 5.74) is 0.771. The van der Waals surface area contributed by atoms with E-state index >= 15 is 0 Å². The number of hydrogen-bond acceptors (Lipinski definition) is 5. The number of benzene rings is 1. The molecule has 1 saturated carbocycles. The third kappa shape index (κ3) is 3.56. The monoisotopic (exact) mass is 349 g/mol. The number of amides is 1. The Morgan fingerprint density at radius 3 is 2.69 bits per heavy atom. The highest BCUT2D eigenvalue weighted by Gasteiger charge is 2.25. The quantitative estimate of drug-likeness (QED) is 0.762. The number of aryl methyl sites for hydroxylation is 1. The van der Waals surface area contributed by atoms with Crippen LogP contribution in [0.5, 0.6) is 11.6 Å². The van der Waals surface area contributed by atoms with Crippen molar-refractivity contribution in [1.29, 1.82) is 0 Å². The van der Waals surface area contributed by atoms with Crippen LogP contribution < -0.4 is 10.1 Å². The number of nitrogens with zero attached hydrogens (tertiary/aromatic N) is 4. The van der Waals surface area contributed by atoms with Gasteiger partial charge in [0.25, 0.3) is 0 Å². The topological polar surface area (TPSA) is 81.9 Å². The first kappa shape index (κ1) is 16.3. The van der Waals surface area contributed by atoms with Crippen molar-refractivity contribution in [3.8, 4) is 17.4 Å². The van der Waals surface area contributed by atoms with Crippen LogP contribution in [0.4, 0.5) is 5.69 Å². The number of ether oxygens (including phenoxy) is 1. The SMILES string of the molecule is Cc1nc(Oc2ccc(NC(=O)C3CCC3)cc2)cc(-n2ccnc2)n1. The van der Waals surface area contributed by atoms with Crippen molar-refractivity contribution < 1.29 is 9.53 Å². The third-order valence-corrected chi connectivity index (χ3v) is 4.39. The fourth-order valence-corrected chi connectivity index (χ4v) is 2.75. The first-order valence-electron chi connectivity index (χ1n) is 8.60. The van der Waals surface area contributed by atoms with E-state index in [0.29, 0.717) is 23.3 Å². The van der Waals surface area contributed by atoms with E-state index in [1.807, 2.05) is 37.4 Å². The molecule has 3 aromatic rings. The lowest BCUT2D eigenvalue weighted by atomic mass is 9.85. The molecule has 0 spiro atoms. The second-order valence-electron chi connectivity index (χ2n) is 6.33. The van der Waals surface area contributed by atoms with E-state index in [-0.39, 0.29) is 11.8 Å². The maximum atomic E-state index is 12.0. The summed E-state index contributed by atoms with van der Waals surface area (Å²) in [6, 6.07) is 9.03. The van der Waals surface area contributed by atoms with Gasteiger partial charge in [0.15, 0.2) is 0 Å². The standard InChI is InChI=1S/C19H19N5O2/c1-13-21-17(24-10-9-20-12-24)11-18(22-13)26-16-7-5-15(6-8-16)23-19(25)14-3-2-4-14/h5-12,14H,2-4H2,1H3,(H,23,25). The highest BCUT2D eigenvalue weighted by molar-refractivity contribution is 5.93. The van der Waals surface area contributed by atoms with Crippen LogP contribution in [-0.2, 0) is 4.79 Å². The molecule has 1 fully saturated rings. The molecule has 7 heteroatoms. The number of imidazole rings is 1. The van der Waals surface area contributed by atoms with Crippen LogP contribution in [0.1, 0.15) is 25.1 Å². The van der Waals surface area contributed by atoms with Gasteiger partial charge in [0.2, 0.25) is 11.8 Å². The van der Waals surface area contributed by atoms with Gasteiger partial charge in [-0.15, -0.1) is 0 Å². The van der Waals surface area contributed by atoms with Gasteiger partial charge in [0.1, 0.15) is 23.7 Å². The molecule has 0 atom stereocenters. The third-order valence-electron chi connectivity index (χ3n) is 4.39. The van der Waals surface area contributed by atoms with Crippen molar-refractivity contribution in [3.05, 3.63) is 54.9 Å². The number of carbonyl (C=O) groups is 1. The van der Waals surface area contributed by atoms with Crippen molar-refractivity contribution in [2.75, 3.05) is 5.32 Å². The predicted molar refractivity (Wildman–Crippen MR) is 96.4 cm³/mol. The first-order valence-corrected chi connectivity index (χ1v) is 8.60. The van der Waals surface area contributed by atoms with Gasteiger partial charge in [-0.2, -0.15) is 4.98 Å². The summed E-state index contributed by atoms with van der Waals surface area (Å²) >= 11 is 0. The summed E-state index contributed by atoms with van der Waals surface area (Å²) in [4.78, 5) is 24.7. The largest absolute Gasteiger partial charge is 0.439 e. The van der Waals surface area contributed by atoms with E-state index in [2.05, 4.69) is 20.3 Å². The average molecular weight is 349 g/mol. The molecule has 0 saturated heterocycles. The zero-order valence-corrected chi connectivity index (χ0v) is 14.4. The fraction of sp³-hybridized carbons (Fsp3) is 0.263.